The van der Waals surface area contributed by atoms with Gasteiger partial charge in [-0.15, -0.1) is 0 Å². The van der Waals surface area contributed by atoms with Crippen molar-refractivity contribution < 1.29 is 0 Å². The molecule has 0 aromatic heterocycles. The van der Waals surface area contributed by atoms with Crippen molar-refractivity contribution in [1.29, 1.82) is 0 Å². The van der Waals surface area contributed by atoms with Crippen LogP contribution in [0.5, 0.6) is 0 Å². The highest BCUT2D eigenvalue weighted by Crippen LogP contribution is 2.44. The van der Waals surface area contributed by atoms with E-state index >= 15 is 0 Å². The molecule has 0 nitrogen and oxygen atoms in total. The number of hydrogen-bond donors (Lipinski definition) is 0. The normalized spacial score (nSPS) is 10.3. The van der Waals surface area contributed by atoms with Gasteiger partial charge in [0.05, 0.1) is 32.9 Å². The topological polar surface area (TPSA) is 0 Å². The van der Waals surface area contributed by atoms with Crippen LogP contribution in [0.2, 0.25) is 0 Å². The van der Waals surface area contributed by atoms with Gasteiger partial charge in [-0.1, -0.05) is 6.42 Å². The molecule has 1 heteroatoms. The second-order valence-electron chi connectivity index (χ2n) is 2.14. The van der Waals surface area contributed by atoms with Crippen LogP contribution in [0, 0.1) is 12.1 Å². The van der Waals surface area contributed by atoms with Crippen LogP contribution in [0.4, 0.5) is 0 Å². The molecule has 6 heavy (non-hydrogen) atoms. The van der Waals surface area contributed by atoms with Crippen LogP contribution < -0.4 is 0 Å². The number of terminal acetylenes is 1. The third kappa shape index (κ3) is 3.99. The summed E-state index contributed by atoms with van der Waals surface area (Å²) in [6.45, 7) is 6.35. The molecule has 0 spiro atoms. The second-order valence-corrected chi connectivity index (χ2v) is 6.42. The Morgan fingerprint density at radius 2 is 1.50 bits per heavy atom. The number of rotatable bonds is 0. The summed E-state index contributed by atoms with van der Waals surface area (Å²) in [5, 5.41) is 0. The predicted molar refractivity (Wildman–Crippen MR) is 33.5 cm³/mol. The molecule has 0 saturated carbocycles. The minimum absolute atomic E-state index is 0.869. The van der Waals surface area contributed by atoms with E-state index in [-0.39, 0.29) is 0 Å². The lowest BCUT2D eigenvalue weighted by Crippen LogP contribution is -1.74. The van der Waals surface area contributed by atoms with Crippen LogP contribution in [0.25, 0.3) is 0 Å². The molecule has 0 atom stereocenters. The quantitative estimate of drug-likeness (QED) is 0.320. The SMILES string of the molecule is C#C[P+](C)(C)C. The van der Waals surface area contributed by atoms with E-state index in [1.54, 1.807) is 0 Å². The van der Waals surface area contributed by atoms with Crippen molar-refractivity contribution in [3.63, 3.8) is 0 Å². The molecule has 0 aromatic carbocycles. The molecule has 0 bridgehead atoms. The molecule has 0 fully saturated rings. The van der Waals surface area contributed by atoms with Crippen LogP contribution in [0.1, 0.15) is 0 Å². The Morgan fingerprint density at radius 3 is 1.50 bits per heavy atom. The second kappa shape index (κ2) is 1.63. The highest BCUT2D eigenvalue weighted by atomic mass is 31.2. The van der Waals surface area contributed by atoms with E-state index in [9.17, 15) is 0 Å². The summed E-state index contributed by atoms with van der Waals surface area (Å²) in [6.07, 6.45) is 5.10. The van der Waals surface area contributed by atoms with Gasteiger partial charge in [0.25, 0.3) is 0 Å². The molecule has 0 N–H and O–H groups in total. The first kappa shape index (κ1) is 5.99. The van der Waals surface area contributed by atoms with Gasteiger partial charge in [0.1, 0.15) is 0 Å². The lowest BCUT2D eigenvalue weighted by molar-refractivity contribution is 2.05. The molecule has 0 aromatic rings. The van der Waals surface area contributed by atoms with Crippen LogP contribution in [-0.4, -0.2) is 20.0 Å². The molecule has 0 aliphatic rings. The molecule has 0 unspecified atom stereocenters. The first-order valence-corrected chi connectivity index (χ1v) is 4.98. The van der Waals surface area contributed by atoms with E-state index < -0.39 is 7.26 Å². The van der Waals surface area contributed by atoms with E-state index in [0.717, 1.165) is 0 Å². The third-order valence-electron chi connectivity index (χ3n) is 0.387. The van der Waals surface area contributed by atoms with Gasteiger partial charge in [-0.3, -0.25) is 0 Å². The summed E-state index contributed by atoms with van der Waals surface area (Å²) in [5.74, 6) is 0. The van der Waals surface area contributed by atoms with E-state index in [0.29, 0.717) is 0 Å². The van der Waals surface area contributed by atoms with Crippen molar-refractivity contribution in [1.82, 2.24) is 0 Å². The fourth-order valence-electron chi connectivity index (χ4n) is 0. The van der Waals surface area contributed by atoms with Crippen molar-refractivity contribution >= 4 is 7.26 Å². The van der Waals surface area contributed by atoms with Gasteiger partial charge in [0.2, 0.25) is 0 Å². The Labute approximate surface area is 40.3 Å². The standard InChI is InChI=1S/C5H10P/c1-5-6(2,3)4/h1H,2-4H3/q+1. The molecule has 0 rings (SSSR count). The van der Waals surface area contributed by atoms with E-state index in [4.69, 9.17) is 6.42 Å². The summed E-state index contributed by atoms with van der Waals surface area (Å²) in [7, 11) is -0.869. The Hall–Kier alpha value is -0.0100. The average molecular weight is 101 g/mol. The largest absolute Gasteiger partial charge is 0.0828 e. The fraction of sp³-hybridized carbons (Fsp3) is 0.600. The van der Waals surface area contributed by atoms with E-state index in [2.05, 4.69) is 25.7 Å². The summed E-state index contributed by atoms with van der Waals surface area (Å²) in [5.41, 5.74) is 2.72. The number of hydrogen-bond acceptors (Lipinski definition) is 0. The van der Waals surface area contributed by atoms with Crippen molar-refractivity contribution in [2.75, 3.05) is 20.0 Å². The zero-order valence-electron chi connectivity index (χ0n) is 4.52. The van der Waals surface area contributed by atoms with Gasteiger partial charge < -0.3 is 0 Å². The maximum Gasteiger partial charge on any atom is 0.0828 e. The van der Waals surface area contributed by atoms with Crippen LogP contribution in [0.15, 0.2) is 0 Å². The third-order valence-corrected chi connectivity index (χ3v) is 1.16. The molecular weight excluding hydrogens is 91.0 g/mol. The average Bonchev–Trinajstić information content (AvgIpc) is 1.35. The van der Waals surface area contributed by atoms with Crippen molar-refractivity contribution in [2.24, 2.45) is 0 Å². The Balaban J connectivity index is 3.55. The first-order chi connectivity index (χ1) is 2.56. The van der Waals surface area contributed by atoms with Gasteiger partial charge in [0, 0.05) is 0 Å². The monoisotopic (exact) mass is 101 g/mol. The molecule has 34 valence electrons. The first-order valence-electron chi connectivity index (χ1n) is 1.85. The summed E-state index contributed by atoms with van der Waals surface area (Å²) in [6, 6.07) is 0. The van der Waals surface area contributed by atoms with E-state index in [1.165, 1.54) is 0 Å². The van der Waals surface area contributed by atoms with Crippen molar-refractivity contribution in [3.05, 3.63) is 0 Å². The van der Waals surface area contributed by atoms with Crippen LogP contribution in [0.3, 0.4) is 0 Å². The van der Waals surface area contributed by atoms with Gasteiger partial charge >= 0.3 is 0 Å². The molecule has 0 saturated heterocycles. The highest BCUT2D eigenvalue weighted by molar-refractivity contribution is 7.78. The van der Waals surface area contributed by atoms with Gasteiger partial charge in [-0.25, -0.2) is 0 Å². The zero-order chi connectivity index (χ0) is 5.21. The maximum atomic E-state index is 5.10. The zero-order valence-corrected chi connectivity index (χ0v) is 5.42. The van der Waals surface area contributed by atoms with Crippen LogP contribution in [-0.2, 0) is 0 Å². The molecule has 0 amide bonds. The lowest BCUT2D eigenvalue weighted by Gasteiger charge is -1.95. The van der Waals surface area contributed by atoms with Crippen molar-refractivity contribution in [3.8, 4) is 12.1 Å². The predicted octanol–water partition coefficient (Wildman–Crippen LogP) is 1.48. The summed E-state index contributed by atoms with van der Waals surface area (Å²) >= 11 is 0. The highest BCUT2D eigenvalue weighted by Gasteiger charge is 2.10. The molecule has 0 aliphatic carbocycles. The van der Waals surface area contributed by atoms with Gasteiger partial charge in [-0.2, -0.15) is 0 Å². The van der Waals surface area contributed by atoms with Gasteiger partial charge in [-0.05, 0) is 0 Å². The molecule has 0 radical (unpaired) electrons. The minimum Gasteiger partial charge on any atom is -0.0768 e. The summed E-state index contributed by atoms with van der Waals surface area (Å²) < 4.78 is 0. The van der Waals surface area contributed by atoms with Gasteiger partial charge in [0.15, 0.2) is 0 Å². The fourth-order valence-corrected chi connectivity index (χ4v) is 0. The smallest absolute Gasteiger partial charge is 0.0768 e. The van der Waals surface area contributed by atoms with Crippen LogP contribution >= 0.6 is 7.26 Å². The molecule has 0 aliphatic heterocycles. The Morgan fingerprint density at radius 1 is 1.33 bits per heavy atom. The minimum atomic E-state index is -0.869. The van der Waals surface area contributed by atoms with Crippen molar-refractivity contribution in [2.45, 2.75) is 0 Å². The molecular formula is C5H10P+. The lowest BCUT2D eigenvalue weighted by atomic mass is 11.4. The molecule has 0 heterocycles. The Kier molecular flexibility index (Phi) is 1.62. The Bertz CT molecular complexity index is 70.9. The summed E-state index contributed by atoms with van der Waals surface area (Å²) in [4.78, 5) is 0. The van der Waals surface area contributed by atoms with E-state index in [1.807, 2.05) is 0 Å². The maximum absolute atomic E-state index is 5.10.